The van der Waals surface area contributed by atoms with Crippen LogP contribution in [0.5, 0.6) is 0 Å². The van der Waals surface area contributed by atoms with Crippen LogP contribution in [0.3, 0.4) is 0 Å². The third-order valence-corrected chi connectivity index (χ3v) is 9.30. The number of nitrogens with one attached hydrogen (secondary N) is 1. The molecule has 0 saturated carbocycles. The lowest BCUT2D eigenvalue weighted by Gasteiger charge is -2.34. The highest BCUT2D eigenvalue weighted by Gasteiger charge is 2.34. The first kappa shape index (κ1) is 33.3. The van der Waals surface area contributed by atoms with Crippen LogP contribution >= 0.6 is 15.9 Å². The molecule has 0 fully saturated rings. The number of carbonyl (C=O) groups excluding carboxylic acids is 2. The summed E-state index contributed by atoms with van der Waals surface area (Å²) in [6.07, 6.45) is 0.881. The Bertz CT molecular complexity index is 1720. The number of nitrogens with zero attached hydrogens (tertiary/aromatic N) is 3. The fourth-order valence-corrected chi connectivity index (χ4v) is 6.62. The number of rotatable bonds is 14. The molecule has 2 amide bonds. The molecule has 1 atom stereocenters. The minimum absolute atomic E-state index is 0.0226. The number of carbonyl (C=O) groups is 2. The van der Waals surface area contributed by atoms with Crippen LogP contribution in [-0.4, -0.2) is 49.2 Å². The van der Waals surface area contributed by atoms with Crippen molar-refractivity contribution in [2.45, 2.75) is 37.2 Å². The second-order valence-corrected chi connectivity index (χ2v) is 13.0. The van der Waals surface area contributed by atoms with Crippen molar-refractivity contribution in [2.75, 3.05) is 17.4 Å². The molecule has 4 aromatic carbocycles. The van der Waals surface area contributed by atoms with E-state index >= 15 is 0 Å². The number of hydrogen-bond donors (Lipinski definition) is 1. The molecular weight excluding hydrogens is 660 g/mol. The van der Waals surface area contributed by atoms with E-state index in [1.54, 1.807) is 18.2 Å². The Labute approximate surface area is 271 Å². The fraction of sp³-hybridized carbons (Fsp3) is 0.212. The molecule has 0 heterocycles. The number of non-ortho nitro benzene ring substituents is 1. The molecule has 0 radical (unpaired) electrons. The molecule has 0 spiro atoms. The second kappa shape index (κ2) is 15.4. The van der Waals surface area contributed by atoms with Gasteiger partial charge in [0.25, 0.3) is 15.7 Å². The zero-order valence-electron chi connectivity index (χ0n) is 24.6. The Kier molecular flexibility index (Phi) is 11.4. The van der Waals surface area contributed by atoms with Crippen LogP contribution in [-0.2, 0) is 32.6 Å². The molecule has 234 valence electrons. The van der Waals surface area contributed by atoms with Crippen molar-refractivity contribution < 1.29 is 22.9 Å². The third kappa shape index (κ3) is 8.77. The predicted molar refractivity (Wildman–Crippen MR) is 176 cm³/mol. The summed E-state index contributed by atoms with van der Waals surface area (Å²) in [7, 11) is -4.31. The molecule has 0 bridgehead atoms. The molecule has 4 rings (SSSR count). The molecule has 0 aliphatic heterocycles. The van der Waals surface area contributed by atoms with E-state index in [1.807, 2.05) is 61.5 Å². The quantitative estimate of drug-likeness (QED) is 0.133. The summed E-state index contributed by atoms with van der Waals surface area (Å²) in [5, 5.41) is 14.2. The van der Waals surface area contributed by atoms with Crippen LogP contribution in [0.25, 0.3) is 0 Å². The van der Waals surface area contributed by atoms with Gasteiger partial charge in [-0.05, 0) is 53.9 Å². The molecule has 12 heteroatoms. The van der Waals surface area contributed by atoms with Crippen LogP contribution in [0.2, 0.25) is 0 Å². The SMILES string of the molecule is CCCNC(=O)[C@H](Cc1ccccc1)N(Cc1cccc(Br)c1)C(=O)CN(c1ccc([N+](=O)[O-])cc1)S(=O)(=O)c1ccccc1. The van der Waals surface area contributed by atoms with Gasteiger partial charge in [-0.25, -0.2) is 8.42 Å². The maximum Gasteiger partial charge on any atom is 0.269 e. The largest absolute Gasteiger partial charge is 0.354 e. The minimum Gasteiger partial charge on any atom is -0.354 e. The summed E-state index contributed by atoms with van der Waals surface area (Å²) in [5.41, 5.74) is 1.39. The Morgan fingerprint density at radius 3 is 2.11 bits per heavy atom. The number of sulfonamides is 1. The van der Waals surface area contributed by atoms with E-state index in [9.17, 15) is 28.1 Å². The highest BCUT2D eigenvalue weighted by atomic mass is 79.9. The molecule has 45 heavy (non-hydrogen) atoms. The first-order valence-corrected chi connectivity index (χ1v) is 16.5. The lowest BCUT2D eigenvalue weighted by Crippen LogP contribution is -2.53. The van der Waals surface area contributed by atoms with E-state index in [1.165, 1.54) is 41.3 Å². The predicted octanol–water partition coefficient (Wildman–Crippen LogP) is 5.72. The van der Waals surface area contributed by atoms with E-state index in [-0.39, 0.29) is 35.1 Å². The molecule has 4 aromatic rings. The Morgan fingerprint density at radius 2 is 1.51 bits per heavy atom. The molecule has 0 unspecified atom stereocenters. The number of hydrogen-bond acceptors (Lipinski definition) is 6. The lowest BCUT2D eigenvalue weighted by atomic mass is 10.0. The molecule has 0 aromatic heterocycles. The zero-order valence-corrected chi connectivity index (χ0v) is 27.0. The topological polar surface area (TPSA) is 130 Å². The van der Waals surface area contributed by atoms with Crippen LogP contribution in [0.15, 0.2) is 119 Å². The van der Waals surface area contributed by atoms with Gasteiger partial charge in [0.1, 0.15) is 12.6 Å². The van der Waals surface area contributed by atoms with Gasteiger partial charge < -0.3 is 10.2 Å². The van der Waals surface area contributed by atoms with Crippen molar-refractivity contribution in [1.82, 2.24) is 10.2 Å². The van der Waals surface area contributed by atoms with Gasteiger partial charge in [-0.1, -0.05) is 83.5 Å². The van der Waals surface area contributed by atoms with Gasteiger partial charge >= 0.3 is 0 Å². The maximum atomic E-state index is 14.4. The number of amides is 2. The molecule has 0 aliphatic rings. The summed E-state index contributed by atoms with van der Waals surface area (Å²) in [4.78, 5) is 40.1. The summed E-state index contributed by atoms with van der Waals surface area (Å²) >= 11 is 3.46. The van der Waals surface area contributed by atoms with Crippen LogP contribution in [0.1, 0.15) is 24.5 Å². The van der Waals surface area contributed by atoms with Gasteiger partial charge in [-0.2, -0.15) is 0 Å². The van der Waals surface area contributed by atoms with Gasteiger partial charge in [-0.3, -0.25) is 24.0 Å². The average molecular weight is 694 g/mol. The number of halogens is 1. The lowest BCUT2D eigenvalue weighted by molar-refractivity contribution is -0.384. The highest BCUT2D eigenvalue weighted by molar-refractivity contribution is 9.10. The first-order chi connectivity index (χ1) is 21.6. The smallest absolute Gasteiger partial charge is 0.269 e. The van der Waals surface area contributed by atoms with Crippen molar-refractivity contribution >= 4 is 49.1 Å². The molecule has 1 N–H and O–H groups in total. The number of nitro groups is 1. The summed E-state index contributed by atoms with van der Waals surface area (Å²) in [6, 6.07) is 28.2. The van der Waals surface area contributed by atoms with Crippen molar-refractivity contribution in [1.29, 1.82) is 0 Å². The van der Waals surface area contributed by atoms with Crippen LogP contribution in [0.4, 0.5) is 11.4 Å². The van der Waals surface area contributed by atoms with E-state index in [0.29, 0.717) is 13.0 Å². The van der Waals surface area contributed by atoms with Crippen molar-refractivity contribution in [3.8, 4) is 0 Å². The monoisotopic (exact) mass is 692 g/mol. The number of anilines is 1. The summed E-state index contributed by atoms with van der Waals surface area (Å²) < 4.78 is 29.7. The molecular formula is C33H33BrN4O6S. The van der Waals surface area contributed by atoms with Crippen molar-refractivity contribution in [3.05, 3.63) is 135 Å². The third-order valence-electron chi connectivity index (χ3n) is 7.02. The summed E-state index contributed by atoms with van der Waals surface area (Å²) in [5.74, 6) is -0.989. The molecule has 0 aliphatic carbocycles. The van der Waals surface area contributed by atoms with E-state index in [4.69, 9.17) is 0 Å². The number of nitro benzene ring substituents is 1. The number of benzene rings is 4. The first-order valence-electron chi connectivity index (χ1n) is 14.3. The van der Waals surface area contributed by atoms with Crippen molar-refractivity contribution in [2.24, 2.45) is 0 Å². The Hall–Kier alpha value is -4.55. The van der Waals surface area contributed by atoms with E-state index in [0.717, 1.165) is 19.9 Å². The second-order valence-electron chi connectivity index (χ2n) is 10.2. The van der Waals surface area contributed by atoms with Gasteiger partial charge in [0, 0.05) is 36.1 Å². The Morgan fingerprint density at radius 1 is 0.889 bits per heavy atom. The van der Waals surface area contributed by atoms with Gasteiger partial charge in [0.05, 0.1) is 15.5 Å². The van der Waals surface area contributed by atoms with Gasteiger partial charge in [-0.15, -0.1) is 0 Å². The fourth-order valence-electron chi connectivity index (χ4n) is 4.74. The normalized spacial score (nSPS) is 11.8. The average Bonchev–Trinajstić information content (AvgIpc) is 3.05. The van der Waals surface area contributed by atoms with Crippen LogP contribution < -0.4 is 9.62 Å². The summed E-state index contributed by atoms with van der Waals surface area (Å²) in [6.45, 7) is 1.69. The molecule has 10 nitrogen and oxygen atoms in total. The van der Waals surface area contributed by atoms with Crippen molar-refractivity contribution in [3.63, 3.8) is 0 Å². The highest BCUT2D eigenvalue weighted by Crippen LogP contribution is 2.27. The maximum absolute atomic E-state index is 14.4. The van der Waals surface area contributed by atoms with Gasteiger partial charge in [0.2, 0.25) is 11.8 Å². The van der Waals surface area contributed by atoms with Gasteiger partial charge in [0.15, 0.2) is 0 Å². The van der Waals surface area contributed by atoms with E-state index in [2.05, 4.69) is 21.2 Å². The van der Waals surface area contributed by atoms with E-state index < -0.39 is 33.4 Å². The van der Waals surface area contributed by atoms with Crippen LogP contribution in [0, 0.1) is 10.1 Å². The standard InChI is InChI=1S/C33H33BrN4O6S/c1-2-20-35-33(40)31(22-25-10-5-3-6-11-25)36(23-26-12-9-13-27(34)21-26)32(39)24-37(28-16-18-29(19-17-28)38(41)42)45(43,44)30-14-7-4-8-15-30/h3-19,21,31H,2,20,22-24H2,1H3,(H,35,40)/t31-/m0/s1. The Balaban J connectivity index is 1.80. The zero-order chi connectivity index (χ0) is 32.4. The molecule has 0 saturated heterocycles. The minimum atomic E-state index is -4.31.